The van der Waals surface area contributed by atoms with Gasteiger partial charge < -0.3 is 19.1 Å². The Morgan fingerprint density at radius 1 is 1.35 bits per heavy atom. The number of hydrogen-bond acceptors (Lipinski definition) is 6. The molecule has 23 heavy (non-hydrogen) atoms. The molecule has 2 aromatic heterocycles. The van der Waals surface area contributed by atoms with Crippen LogP contribution in [0.2, 0.25) is 0 Å². The molecule has 0 atom stereocenters. The average Bonchev–Trinajstić information content (AvgIpc) is 3.26. The van der Waals surface area contributed by atoms with E-state index in [4.69, 9.17) is 8.83 Å². The summed E-state index contributed by atoms with van der Waals surface area (Å²) < 4.78 is 10.8. The van der Waals surface area contributed by atoms with Crippen molar-refractivity contribution in [3.63, 3.8) is 0 Å². The minimum atomic E-state index is 0.0171. The van der Waals surface area contributed by atoms with Crippen LogP contribution in [0.4, 0.5) is 0 Å². The Balaban J connectivity index is 1.40. The predicted octanol–water partition coefficient (Wildman–Crippen LogP) is 1.78. The van der Waals surface area contributed by atoms with Crippen LogP contribution < -0.4 is 5.32 Å². The molecular weight excluding hydrogens is 296 g/mol. The van der Waals surface area contributed by atoms with Crippen molar-refractivity contribution in [2.24, 2.45) is 0 Å². The summed E-state index contributed by atoms with van der Waals surface area (Å²) in [6.07, 6.45) is 4.92. The third kappa shape index (κ3) is 4.19. The number of carbonyl (C=O) groups is 1. The average molecular weight is 318 g/mol. The van der Waals surface area contributed by atoms with E-state index in [1.165, 1.54) is 12.8 Å². The first-order chi connectivity index (χ1) is 11.2. The van der Waals surface area contributed by atoms with E-state index in [2.05, 4.69) is 20.4 Å². The molecule has 7 nitrogen and oxygen atoms in total. The summed E-state index contributed by atoms with van der Waals surface area (Å²) >= 11 is 0. The minimum absolute atomic E-state index is 0.0171. The molecule has 3 heterocycles. The number of aryl methyl sites for hydroxylation is 2. The molecule has 0 spiro atoms. The molecule has 0 aromatic carbocycles. The second kappa shape index (κ2) is 7.41. The van der Waals surface area contributed by atoms with E-state index in [-0.39, 0.29) is 5.91 Å². The van der Waals surface area contributed by atoms with Crippen LogP contribution in [-0.2, 0) is 11.2 Å². The fourth-order valence-corrected chi connectivity index (χ4v) is 2.74. The zero-order valence-electron chi connectivity index (χ0n) is 13.4. The molecule has 2 aromatic rings. The Hall–Kier alpha value is -2.15. The summed E-state index contributed by atoms with van der Waals surface area (Å²) in [5.41, 5.74) is 0.791. The van der Waals surface area contributed by atoms with Crippen molar-refractivity contribution >= 4 is 5.91 Å². The molecule has 0 bridgehead atoms. The maximum Gasteiger partial charge on any atom is 0.251 e. The third-order valence-corrected chi connectivity index (χ3v) is 4.07. The first-order valence-corrected chi connectivity index (χ1v) is 8.08. The summed E-state index contributed by atoms with van der Waals surface area (Å²) in [6.45, 7) is 5.76. The summed E-state index contributed by atoms with van der Waals surface area (Å²) in [4.78, 5) is 14.2. The first kappa shape index (κ1) is 15.7. The Bertz CT molecular complexity index is 643. The van der Waals surface area contributed by atoms with E-state index in [0.29, 0.717) is 31.2 Å². The number of likely N-dealkylation sites (tertiary alicyclic amines) is 1. The lowest BCUT2D eigenvalue weighted by Crippen LogP contribution is -2.33. The second-order valence-corrected chi connectivity index (χ2v) is 5.79. The van der Waals surface area contributed by atoms with Crippen molar-refractivity contribution < 1.29 is 13.6 Å². The van der Waals surface area contributed by atoms with E-state index < -0.39 is 0 Å². The van der Waals surface area contributed by atoms with Crippen molar-refractivity contribution in [3.8, 4) is 11.5 Å². The summed E-state index contributed by atoms with van der Waals surface area (Å²) in [6, 6.07) is 1.79. The lowest BCUT2D eigenvalue weighted by atomic mass is 10.2. The molecule has 1 saturated heterocycles. The number of nitrogens with zero attached hydrogens (tertiary/aromatic N) is 3. The third-order valence-electron chi connectivity index (χ3n) is 4.07. The van der Waals surface area contributed by atoms with Crippen LogP contribution in [0.5, 0.6) is 0 Å². The van der Waals surface area contributed by atoms with Gasteiger partial charge in [-0.2, -0.15) is 0 Å². The predicted molar refractivity (Wildman–Crippen MR) is 83.7 cm³/mol. The molecule has 0 aliphatic carbocycles. The zero-order valence-corrected chi connectivity index (χ0v) is 13.4. The van der Waals surface area contributed by atoms with Crippen LogP contribution in [0.25, 0.3) is 11.5 Å². The highest BCUT2D eigenvalue weighted by Gasteiger charge is 2.14. The van der Waals surface area contributed by atoms with Crippen molar-refractivity contribution in [2.75, 3.05) is 26.2 Å². The Morgan fingerprint density at radius 2 is 2.17 bits per heavy atom. The van der Waals surface area contributed by atoms with Crippen LogP contribution in [-0.4, -0.2) is 47.2 Å². The van der Waals surface area contributed by atoms with Gasteiger partial charge in [-0.25, -0.2) is 0 Å². The van der Waals surface area contributed by atoms with Crippen molar-refractivity contribution in [1.29, 1.82) is 0 Å². The summed E-state index contributed by atoms with van der Waals surface area (Å²) in [5, 5.41) is 10.9. The molecule has 124 valence electrons. The molecule has 7 heteroatoms. The van der Waals surface area contributed by atoms with E-state index in [0.717, 1.165) is 31.0 Å². The Morgan fingerprint density at radius 3 is 2.91 bits per heavy atom. The number of nitrogens with one attached hydrogen (secondary N) is 1. The summed E-state index contributed by atoms with van der Waals surface area (Å²) in [5.74, 6) is 1.65. The van der Waals surface area contributed by atoms with E-state index >= 15 is 0 Å². The Labute approximate surface area is 135 Å². The van der Waals surface area contributed by atoms with Gasteiger partial charge in [0.25, 0.3) is 5.89 Å². The second-order valence-electron chi connectivity index (χ2n) is 5.79. The number of carbonyl (C=O) groups excluding carboxylic acids is 1. The normalized spacial score (nSPS) is 15.2. The smallest absolute Gasteiger partial charge is 0.251 e. The molecule has 1 amide bonds. The molecule has 1 aliphatic heterocycles. The van der Waals surface area contributed by atoms with Crippen LogP contribution in [0.1, 0.15) is 30.9 Å². The van der Waals surface area contributed by atoms with Crippen molar-refractivity contribution in [1.82, 2.24) is 20.4 Å². The highest BCUT2D eigenvalue weighted by atomic mass is 16.4. The molecule has 0 unspecified atom stereocenters. The number of amides is 1. The van der Waals surface area contributed by atoms with Gasteiger partial charge in [0.15, 0.2) is 0 Å². The van der Waals surface area contributed by atoms with Gasteiger partial charge in [-0.1, -0.05) is 0 Å². The maximum atomic E-state index is 11.8. The van der Waals surface area contributed by atoms with Crippen LogP contribution in [0.15, 0.2) is 21.2 Å². The first-order valence-electron chi connectivity index (χ1n) is 8.08. The van der Waals surface area contributed by atoms with Crippen LogP contribution in [0, 0.1) is 6.92 Å². The van der Waals surface area contributed by atoms with Crippen LogP contribution >= 0.6 is 0 Å². The van der Waals surface area contributed by atoms with E-state index in [1.54, 1.807) is 12.3 Å². The lowest BCUT2D eigenvalue weighted by molar-refractivity contribution is -0.121. The summed E-state index contributed by atoms with van der Waals surface area (Å²) in [7, 11) is 0. The number of rotatable bonds is 7. The molecule has 1 aliphatic rings. The van der Waals surface area contributed by atoms with E-state index in [1.807, 2.05) is 6.92 Å². The van der Waals surface area contributed by atoms with E-state index in [9.17, 15) is 4.79 Å². The topological polar surface area (TPSA) is 84.4 Å². The number of furan rings is 1. The minimum Gasteiger partial charge on any atom is -0.469 e. The molecule has 0 saturated carbocycles. The SMILES string of the molecule is Cc1occc1-c1nnc(CCC(=O)NCCN2CCCC2)o1. The molecule has 1 fully saturated rings. The van der Waals surface area contributed by atoms with Crippen molar-refractivity contribution in [3.05, 3.63) is 24.0 Å². The quantitative estimate of drug-likeness (QED) is 0.838. The molecule has 3 rings (SSSR count). The zero-order chi connectivity index (χ0) is 16.1. The van der Waals surface area contributed by atoms with Gasteiger partial charge in [0.05, 0.1) is 11.8 Å². The van der Waals surface area contributed by atoms with Gasteiger partial charge in [-0.3, -0.25) is 4.79 Å². The van der Waals surface area contributed by atoms with Crippen LogP contribution in [0.3, 0.4) is 0 Å². The Kier molecular flexibility index (Phi) is 5.07. The van der Waals surface area contributed by atoms with Gasteiger partial charge >= 0.3 is 0 Å². The molecule has 1 N–H and O–H groups in total. The van der Waals surface area contributed by atoms with Crippen molar-refractivity contribution in [2.45, 2.75) is 32.6 Å². The fraction of sp³-hybridized carbons (Fsp3) is 0.562. The molecule has 0 radical (unpaired) electrons. The highest BCUT2D eigenvalue weighted by Crippen LogP contribution is 2.22. The number of hydrogen-bond donors (Lipinski definition) is 1. The fourth-order valence-electron chi connectivity index (χ4n) is 2.74. The monoisotopic (exact) mass is 318 g/mol. The maximum absolute atomic E-state index is 11.8. The standard InChI is InChI=1S/C16H22N4O3/c1-12-13(6-11-22-12)16-19-18-15(23-16)5-4-14(21)17-7-10-20-8-2-3-9-20/h6,11H,2-5,7-10H2,1H3,(H,17,21). The van der Waals surface area contributed by atoms with Gasteiger partial charge in [0.2, 0.25) is 11.8 Å². The largest absolute Gasteiger partial charge is 0.469 e. The van der Waals surface area contributed by atoms with Gasteiger partial charge in [0.1, 0.15) is 5.76 Å². The van der Waals surface area contributed by atoms with Gasteiger partial charge in [0, 0.05) is 25.9 Å². The molecular formula is C16H22N4O3. The van der Waals surface area contributed by atoms with Gasteiger partial charge in [-0.15, -0.1) is 10.2 Å². The number of aromatic nitrogens is 2. The van der Waals surface area contributed by atoms with Gasteiger partial charge in [-0.05, 0) is 38.9 Å². The highest BCUT2D eigenvalue weighted by molar-refractivity contribution is 5.76. The lowest BCUT2D eigenvalue weighted by Gasteiger charge is -2.14.